The lowest BCUT2D eigenvalue weighted by molar-refractivity contribution is 0.795. The molecule has 2 aliphatic rings. The molecule has 0 saturated carbocycles. The Kier molecular flexibility index (Phi) is 7.94. The van der Waals surface area contributed by atoms with Crippen molar-refractivity contribution in [3.8, 4) is 55.9 Å². The van der Waals surface area contributed by atoms with E-state index in [2.05, 4.69) is 241 Å². The van der Waals surface area contributed by atoms with E-state index in [0.29, 0.717) is 0 Å². The van der Waals surface area contributed by atoms with Crippen molar-refractivity contribution in [2.45, 2.75) is 18.8 Å². The topological polar surface area (TPSA) is 35.6 Å². The Hall–Kier alpha value is -8.86. The molecule has 0 aliphatic heterocycles. The Labute approximate surface area is 399 Å². The van der Waals surface area contributed by atoms with Gasteiger partial charge in [0.1, 0.15) is 5.82 Å². The van der Waals surface area contributed by atoms with E-state index in [1.807, 2.05) is 0 Å². The lowest BCUT2D eigenvalue weighted by Crippen LogP contribution is -2.25. The first-order valence-electron chi connectivity index (χ1n) is 24.0. The van der Waals surface area contributed by atoms with E-state index in [4.69, 9.17) is 9.97 Å². The van der Waals surface area contributed by atoms with Gasteiger partial charge < -0.3 is 4.57 Å². The van der Waals surface area contributed by atoms with E-state index < -0.39 is 5.41 Å². The molecule has 4 heteroatoms. The number of aryl methyl sites for hydroxylation is 1. The third-order valence-electron chi connectivity index (χ3n) is 15.3. The van der Waals surface area contributed by atoms with Gasteiger partial charge in [-0.2, -0.15) is 0 Å². The van der Waals surface area contributed by atoms with Crippen LogP contribution >= 0.6 is 0 Å². The zero-order valence-electron chi connectivity index (χ0n) is 37.9. The van der Waals surface area contributed by atoms with Crippen LogP contribution in [0, 0.1) is 0 Å². The van der Waals surface area contributed by atoms with Gasteiger partial charge in [-0.05, 0) is 133 Å². The van der Waals surface area contributed by atoms with Gasteiger partial charge in [-0.1, -0.05) is 159 Å². The van der Waals surface area contributed by atoms with Gasteiger partial charge in [0, 0.05) is 50.9 Å². The van der Waals surface area contributed by atoms with Crippen molar-refractivity contribution >= 4 is 54.5 Å². The van der Waals surface area contributed by atoms with Crippen LogP contribution in [0.3, 0.4) is 0 Å². The number of nitrogens with zero attached hydrogens (tertiary/aromatic N) is 4. The molecule has 0 unspecified atom stereocenters. The largest absolute Gasteiger partial charge is 0.309 e. The summed E-state index contributed by atoms with van der Waals surface area (Å²) >= 11 is 0. The first-order valence-corrected chi connectivity index (χ1v) is 24.0. The van der Waals surface area contributed by atoms with Crippen molar-refractivity contribution in [1.82, 2.24) is 19.1 Å². The van der Waals surface area contributed by atoms with E-state index in [-0.39, 0.29) is 0 Å². The average Bonchev–Trinajstić information content (AvgIpc) is 4.14. The maximum atomic E-state index is 5.23. The first kappa shape index (κ1) is 38.3. The molecule has 4 nitrogen and oxygen atoms in total. The van der Waals surface area contributed by atoms with Crippen molar-refractivity contribution in [3.05, 3.63) is 253 Å². The van der Waals surface area contributed by atoms with E-state index in [0.717, 1.165) is 73.2 Å². The highest BCUT2D eigenvalue weighted by molar-refractivity contribution is 6.20. The molecular weight excluding hydrogens is 837 g/mol. The van der Waals surface area contributed by atoms with Gasteiger partial charge in [0.2, 0.25) is 0 Å². The summed E-state index contributed by atoms with van der Waals surface area (Å²) in [4.78, 5) is 10.2. The molecule has 0 radical (unpaired) electrons. The molecule has 1 spiro atoms. The average molecular weight is 879 g/mol. The van der Waals surface area contributed by atoms with Crippen molar-refractivity contribution in [3.63, 3.8) is 0 Å². The van der Waals surface area contributed by atoms with Crippen LogP contribution < -0.4 is 0 Å². The molecule has 15 rings (SSSR count). The van der Waals surface area contributed by atoms with Gasteiger partial charge >= 0.3 is 0 Å². The van der Waals surface area contributed by atoms with Crippen LogP contribution in [0.1, 0.15) is 35.0 Å². The summed E-state index contributed by atoms with van der Waals surface area (Å²) in [5, 5.41) is 6.01. The highest BCUT2D eigenvalue weighted by Gasteiger charge is 2.52. The van der Waals surface area contributed by atoms with Crippen molar-refractivity contribution in [2.24, 2.45) is 0 Å². The molecule has 0 saturated heterocycles. The lowest BCUT2D eigenvalue weighted by Gasteiger charge is -2.31. The summed E-state index contributed by atoms with van der Waals surface area (Å²) in [5.74, 6) is 1.05. The summed E-state index contributed by atoms with van der Waals surface area (Å²) in [6.45, 7) is 2.18. The van der Waals surface area contributed by atoms with Crippen LogP contribution in [-0.4, -0.2) is 19.1 Å². The number of hydrogen-bond acceptors (Lipinski definition) is 2. The van der Waals surface area contributed by atoms with Crippen LogP contribution in [0.2, 0.25) is 0 Å². The Morgan fingerprint density at radius 1 is 0.391 bits per heavy atom. The Morgan fingerprint density at radius 2 is 0.942 bits per heavy atom. The fourth-order valence-electron chi connectivity index (χ4n) is 12.5. The Bertz CT molecular complexity index is 4200. The molecular formula is C65H42N4. The second-order valence-electron chi connectivity index (χ2n) is 18.7. The van der Waals surface area contributed by atoms with Crippen LogP contribution in [0.25, 0.3) is 110 Å². The molecule has 0 fully saturated rings. The minimum Gasteiger partial charge on any atom is -0.309 e. The number of rotatable bonds is 5. The minimum absolute atomic E-state index is 0.523. The second-order valence-corrected chi connectivity index (χ2v) is 18.7. The third kappa shape index (κ3) is 5.18. The maximum Gasteiger partial charge on any atom is 0.114 e. The number of fused-ring (bicyclic) bond motifs is 18. The fraction of sp³-hybridized carbons (Fsp3) is 0.0462. The summed E-state index contributed by atoms with van der Waals surface area (Å²) in [7, 11) is 0. The van der Waals surface area contributed by atoms with Gasteiger partial charge in [0.05, 0.1) is 33.0 Å². The number of imidazole rings is 1. The highest BCUT2D eigenvalue weighted by Crippen LogP contribution is 2.65. The number of para-hydroxylation sites is 5. The van der Waals surface area contributed by atoms with Gasteiger partial charge in [0.25, 0.3) is 0 Å². The quantitative estimate of drug-likeness (QED) is 0.162. The zero-order valence-corrected chi connectivity index (χ0v) is 37.9. The molecule has 3 aromatic heterocycles. The highest BCUT2D eigenvalue weighted by atomic mass is 15.1. The van der Waals surface area contributed by atoms with E-state index in [9.17, 15) is 0 Å². The molecule has 0 bridgehead atoms. The number of benzene rings is 10. The van der Waals surface area contributed by atoms with E-state index in [1.165, 1.54) is 71.7 Å². The van der Waals surface area contributed by atoms with Crippen LogP contribution in [0.5, 0.6) is 0 Å². The predicted octanol–water partition coefficient (Wildman–Crippen LogP) is 16.1. The second kappa shape index (κ2) is 14.3. The molecule has 0 atom stereocenters. The van der Waals surface area contributed by atoms with E-state index >= 15 is 0 Å². The molecule has 69 heavy (non-hydrogen) atoms. The molecule has 13 aromatic rings. The van der Waals surface area contributed by atoms with Crippen molar-refractivity contribution in [1.29, 1.82) is 0 Å². The molecule has 10 aromatic carbocycles. The zero-order chi connectivity index (χ0) is 45.4. The monoisotopic (exact) mass is 878 g/mol. The van der Waals surface area contributed by atoms with Crippen molar-refractivity contribution in [2.75, 3.05) is 0 Å². The van der Waals surface area contributed by atoms with Gasteiger partial charge in [0.15, 0.2) is 0 Å². The van der Waals surface area contributed by atoms with Gasteiger partial charge in [-0.3, -0.25) is 9.55 Å². The predicted molar refractivity (Wildman–Crippen MR) is 285 cm³/mol. The number of hydrogen-bond donors (Lipinski definition) is 0. The maximum absolute atomic E-state index is 5.23. The summed E-state index contributed by atoms with van der Waals surface area (Å²) < 4.78 is 4.77. The van der Waals surface area contributed by atoms with E-state index in [1.54, 1.807) is 0 Å². The van der Waals surface area contributed by atoms with Gasteiger partial charge in [-0.15, -0.1) is 0 Å². The fourth-order valence-corrected chi connectivity index (χ4v) is 12.5. The first-order chi connectivity index (χ1) is 34.2. The minimum atomic E-state index is -0.523. The molecule has 3 heterocycles. The molecule has 322 valence electrons. The molecule has 0 amide bonds. The van der Waals surface area contributed by atoms with Crippen LogP contribution in [-0.2, 0) is 11.8 Å². The number of pyridine rings is 1. The summed E-state index contributed by atoms with van der Waals surface area (Å²) in [6.07, 6.45) is 2.98. The Balaban J connectivity index is 1.05. The standard InChI is InChI=1S/C65H42N4/c1-2-62-67-58-27-13-16-30-61(58)69(62)43-33-31-40(32-34-43)41-35-42(37-44(36-41)68-59-28-14-7-19-47(59)48-20-8-15-29-60(48)68)51-38-56-64(63-50-22-6-12-26-57(50)66-39-52(51)63)49-21-5-11-25-55(49)65(56)53-23-9-3-17-45(53)46-18-4-10-24-54(46)65/h3-39H,2H2,1H3. The van der Waals surface area contributed by atoms with Crippen LogP contribution in [0.4, 0.5) is 0 Å². The van der Waals surface area contributed by atoms with Crippen molar-refractivity contribution < 1.29 is 0 Å². The molecule has 2 aliphatic carbocycles. The third-order valence-corrected chi connectivity index (χ3v) is 15.3. The SMILES string of the molecule is CCc1nc2ccccc2n1-c1ccc(-c2cc(-c3cc4c(c5c3cnc3ccccc35)-c3ccccc3C43c4ccccc4-c4ccccc43)cc(-n3c4ccccc4c4ccccc43)c2)cc1. The number of aromatic nitrogens is 4. The van der Waals surface area contributed by atoms with Crippen LogP contribution in [0.15, 0.2) is 225 Å². The molecule has 0 N–H and O–H groups in total. The summed E-state index contributed by atoms with van der Waals surface area (Å²) in [6, 6.07) is 81.0. The normalized spacial score (nSPS) is 13.2. The van der Waals surface area contributed by atoms with Gasteiger partial charge in [-0.25, -0.2) is 4.98 Å². The Morgan fingerprint density at radius 3 is 1.62 bits per heavy atom. The summed E-state index contributed by atoms with van der Waals surface area (Å²) in [5.41, 5.74) is 22.2. The lowest BCUT2D eigenvalue weighted by atomic mass is 9.70. The smallest absolute Gasteiger partial charge is 0.114 e.